The topological polar surface area (TPSA) is 73.7 Å². The summed E-state index contributed by atoms with van der Waals surface area (Å²) in [4.78, 5) is 36.0. The van der Waals surface area contributed by atoms with Crippen LogP contribution in [-0.2, 0) is 0 Å². The number of piperazine rings is 1. The van der Waals surface area contributed by atoms with Crippen LogP contribution in [0.2, 0.25) is 0 Å². The van der Waals surface area contributed by atoms with Crippen LogP contribution < -0.4 is 15.8 Å². The average Bonchev–Trinajstić information content (AvgIpc) is 2.95. The molecule has 1 aliphatic heterocycles. The fourth-order valence-corrected chi connectivity index (χ4v) is 4.98. The number of hydrogen-bond acceptors (Lipinski definition) is 6. The summed E-state index contributed by atoms with van der Waals surface area (Å²) in [5.74, 6) is 0.0265. The fourth-order valence-electron chi connectivity index (χ4n) is 4.98. The zero-order chi connectivity index (χ0) is 29.4. The van der Waals surface area contributed by atoms with Crippen LogP contribution in [0.1, 0.15) is 48.0 Å². The number of pyridine rings is 2. The number of rotatable bonds is 7. The predicted molar refractivity (Wildman–Crippen MR) is 167 cm³/mol. The van der Waals surface area contributed by atoms with Crippen LogP contribution in [0.25, 0.3) is 11.8 Å². The fraction of sp³-hybridized carbons (Fsp3) is 0.406. The van der Waals surface area contributed by atoms with Gasteiger partial charge in [-0.05, 0) is 56.7 Å². The SMILES string of the molecule is CC.CNc1ccn(-c2ccnc(C)c2/C=C(\C)CN2CCN(c3ccc(C(=O)N(C)C)cc3C)CC2)c(=O)c1. The number of carbonyl (C=O) groups is 1. The van der Waals surface area contributed by atoms with Gasteiger partial charge in [-0.25, -0.2) is 0 Å². The molecule has 0 aliphatic carbocycles. The minimum atomic E-state index is -0.0831. The summed E-state index contributed by atoms with van der Waals surface area (Å²) in [5.41, 5.74) is 7.66. The maximum absolute atomic E-state index is 12.8. The number of aryl methyl sites for hydroxylation is 2. The van der Waals surface area contributed by atoms with Crippen molar-refractivity contribution in [1.82, 2.24) is 19.4 Å². The van der Waals surface area contributed by atoms with Crippen LogP contribution >= 0.6 is 0 Å². The van der Waals surface area contributed by atoms with Gasteiger partial charge in [0.25, 0.3) is 11.5 Å². The Labute approximate surface area is 238 Å². The first-order valence-electron chi connectivity index (χ1n) is 14.0. The van der Waals surface area contributed by atoms with Crippen LogP contribution in [0.4, 0.5) is 11.4 Å². The number of carbonyl (C=O) groups excluding carboxylic acids is 1. The molecular weight excluding hydrogens is 500 g/mol. The molecule has 1 N–H and O–H groups in total. The zero-order valence-electron chi connectivity index (χ0n) is 25.3. The van der Waals surface area contributed by atoms with E-state index >= 15 is 0 Å². The molecule has 3 heterocycles. The lowest BCUT2D eigenvalue weighted by Gasteiger charge is -2.37. The van der Waals surface area contributed by atoms with Gasteiger partial charge in [0.1, 0.15) is 0 Å². The van der Waals surface area contributed by atoms with E-state index in [4.69, 9.17) is 0 Å². The summed E-state index contributed by atoms with van der Waals surface area (Å²) in [5, 5.41) is 3.02. The smallest absolute Gasteiger partial charge is 0.257 e. The van der Waals surface area contributed by atoms with Gasteiger partial charge in [-0.15, -0.1) is 0 Å². The molecule has 8 heteroatoms. The van der Waals surface area contributed by atoms with Crippen molar-refractivity contribution in [3.63, 3.8) is 0 Å². The summed E-state index contributed by atoms with van der Waals surface area (Å²) in [6, 6.07) is 11.4. The maximum atomic E-state index is 12.8. The van der Waals surface area contributed by atoms with Crippen LogP contribution in [0.15, 0.2) is 59.2 Å². The quantitative estimate of drug-likeness (QED) is 0.459. The van der Waals surface area contributed by atoms with Gasteiger partial charge in [0.2, 0.25) is 0 Å². The Morgan fingerprint density at radius 3 is 2.33 bits per heavy atom. The highest BCUT2D eigenvalue weighted by molar-refractivity contribution is 5.94. The molecule has 1 aliphatic rings. The van der Waals surface area contributed by atoms with Gasteiger partial charge in [0.15, 0.2) is 0 Å². The molecule has 214 valence electrons. The number of amides is 1. The Morgan fingerprint density at radius 2 is 1.73 bits per heavy atom. The summed E-state index contributed by atoms with van der Waals surface area (Å²) < 4.78 is 1.67. The lowest BCUT2D eigenvalue weighted by molar-refractivity contribution is 0.0827. The number of benzene rings is 1. The number of nitrogens with one attached hydrogen (secondary N) is 1. The number of hydrogen-bond donors (Lipinski definition) is 1. The van der Waals surface area contributed by atoms with E-state index < -0.39 is 0 Å². The summed E-state index contributed by atoms with van der Waals surface area (Å²) in [6.45, 7) is 14.8. The van der Waals surface area contributed by atoms with Gasteiger partial charge in [-0.3, -0.25) is 24.0 Å². The minimum absolute atomic E-state index is 0.0265. The second kappa shape index (κ2) is 13.9. The Kier molecular flexibility index (Phi) is 10.7. The van der Waals surface area contributed by atoms with Crippen molar-refractivity contribution >= 4 is 23.4 Å². The Bertz CT molecular complexity index is 1400. The highest BCUT2D eigenvalue weighted by atomic mass is 16.2. The third-order valence-electron chi connectivity index (χ3n) is 7.06. The van der Waals surface area contributed by atoms with Crippen molar-refractivity contribution in [3.05, 3.63) is 87.1 Å². The van der Waals surface area contributed by atoms with Gasteiger partial charge in [0.05, 0.1) is 5.69 Å². The van der Waals surface area contributed by atoms with Crippen molar-refractivity contribution in [2.24, 2.45) is 0 Å². The lowest BCUT2D eigenvalue weighted by Crippen LogP contribution is -2.47. The minimum Gasteiger partial charge on any atom is -0.388 e. The molecule has 0 atom stereocenters. The number of nitrogens with zero attached hydrogens (tertiary/aromatic N) is 5. The van der Waals surface area contributed by atoms with Gasteiger partial charge in [-0.1, -0.05) is 25.5 Å². The molecule has 3 aromatic rings. The number of anilines is 2. The monoisotopic (exact) mass is 544 g/mol. The molecular formula is C32H44N6O2. The molecule has 0 saturated carbocycles. The summed E-state index contributed by atoms with van der Waals surface area (Å²) >= 11 is 0. The van der Waals surface area contributed by atoms with Gasteiger partial charge < -0.3 is 15.1 Å². The molecule has 2 aromatic heterocycles. The van der Waals surface area contributed by atoms with E-state index in [9.17, 15) is 9.59 Å². The van der Waals surface area contributed by atoms with E-state index in [0.29, 0.717) is 0 Å². The largest absolute Gasteiger partial charge is 0.388 e. The van der Waals surface area contributed by atoms with E-state index in [1.165, 1.54) is 11.3 Å². The zero-order valence-corrected chi connectivity index (χ0v) is 25.3. The van der Waals surface area contributed by atoms with Crippen molar-refractivity contribution in [1.29, 1.82) is 0 Å². The number of aromatic nitrogens is 2. The molecule has 0 bridgehead atoms. The average molecular weight is 545 g/mol. The third-order valence-corrected chi connectivity index (χ3v) is 7.06. The Balaban J connectivity index is 0.00000216. The van der Waals surface area contributed by atoms with Crippen molar-refractivity contribution in [3.8, 4) is 5.69 Å². The molecule has 1 aromatic carbocycles. The summed E-state index contributed by atoms with van der Waals surface area (Å²) in [6.07, 6.45) is 5.72. The van der Waals surface area contributed by atoms with Gasteiger partial charge >= 0.3 is 0 Å². The first-order chi connectivity index (χ1) is 19.2. The van der Waals surface area contributed by atoms with E-state index in [-0.39, 0.29) is 11.5 Å². The molecule has 0 spiro atoms. The van der Waals surface area contributed by atoms with Gasteiger partial charge in [-0.2, -0.15) is 0 Å². The molecule has 0 radical (unpaired) electrons. The van der Waals surface area contributed by atoms with E-state index in [1.807, 2.05) is 45.0 Å². The van der Waals surface area contributed by atoms with Crippen molar-refractivity contribution < 1.29 is 4.79 Å². The second-order valence-corrected chi connectivity index (χ2v) is 10.2. The Morgan fingerprint density at radius 1 is 1.02 bits per heavy atom. The van der Waals surface area contributed by atoms with Crippen LogP contribution in [0, 0.1) is 13.8 Å². The summed E-state index contributed by atoms with van der Waals surface area (Å²) in [7, 11) is 5.36. The highest BCUT2D eigenvalue weighted by Crippen LogP contribution is 2.24. The van der Waals surface area contributed by atoms with E-state index in [2.05, 4.69) is 46.1 Å². The molecule has 40 heavy (non-hydrogen) atoms. The lowest BCUT2D eigenvalue weighted by atomic mass is 10.1. The maximum Gasteiger partial charge on any atom is 0.257 e. The highest BCUT2D eigenvalue weighted by Gasteiger charge is 2.20. The normalized spacial score (nSPS) is 13.9. The van der Waals surface area contributed by atoms with Crippen LogP contribution in [-0.4, -0.2) is 79.1 Å². The molecule has 8 nitrogen and oxygen atoms in total. The standard InChI is InChI=1S/C30H38N6O2.C2H6/c1-21(17-26-23(3)32-11-9-28(26)36-12-10-25(31-4)19-29(36)37)20-34-13-15-35(16-14-34)27-8-7-24(18-22(27)2)30(38)33(5)6;1-2/h7-12,17-19,31H,13-16,20H2,1-6H3;1-2H3/b21-17+;. The third kappa shape index (κ3) is 7.18. The predicted octanol–water partition coefficient (Wildman–Crippen LogP) is 4.84. The van der Waals surface area contributed by atoms with Crippen molar-refractivity contribution in [2.45, 2.75) is 34.6 Å². The molecule has 1 amide bonds. The molecule has 4 rings (SSSR count). The molecule has 1 fully saturated rings. The molecule has 0 unspecified atom stereocenters. The molecule has 1 saturated heterocycles. The van der Waals surface area contributed by atoms with Crippen LogP contribution in [0.3, 0.4) is 0 Å². The van der Waals surface area contributed by atoms with Crippen LogP contribution in [0.5, 0.6) is 0 Å². The second-order valence-electron chi connectivity index (χ2n) is 10.2. The van der Waals surface area contributed by atoms with Gasteiger partial charge in [0, 0.05) is 101 Å². The van der Waals surface area contributed by atoms with E-state index in [1.54, 1.807) is 49.1 Å². The first-order valence-corrected chi connectivity index (χ1v) is 14.0. The van der Waals surface area contributed by atoms with E-state index in [0.717, 1.165) is 66.5 Å². The van der Waals surface area contributed by atoms with Crippen molar-refractivity contribution in [2.75, 3.05) is 64.1 Å². The Hall–Kier alpha value is -3.91. The first kappa shape index (κ1) is 30.6.